The van der Waals surface area contributed by atoms with Crippen LogP contribution >= 0.6 is 15.9 Å². The van der Waals surface area contributed by atoms with Crippen LogP contribution in [-0.2, 0) is 0 Å². The van der Waals surface area contributed by atoms with Gasteiger partial charge in [0.25, 0.3) is 0 Å². The maximum Gasteiger partial charge on any atom is 0.129 e. The van der Waals surface area contributed by atoms with E-state index < -0.39 is 0 Å². The smallest absolute Gasteiger partial charge is 0.129 e. The molecular formula is C17H15BrN2. The molecular weight excluding hydrogens is 312 g/mol. The van der Waals surface area contributed by atoms with Crippen molar-refractivity contribution in [1.82, 2.24) is 4.98 Å². The third-order valence-electron chi connectivity index (χ3n) is 3.32. The molecule has 0 fully saturated rings. The minimum atomic E-state index is 0.974. The van der Waals surface area contributed by atoms with Gasteiger partial charge in [0, 0.05) is 24.0 Å². The molecule has 2 nitrogen and oxygen atoms in total. The molecule has 2 aromatic carbocycles. The van der Waals surface area contributed by atoms with Crippen LogP contribution in [0.2, 0.25) is 0 Å². The molecule has 0 N–H and O–H groups in total. The Kier molecular flexibility index (Phi) is 3.45. The van der Waals surface area contributed by atoms with Crippen molar-refractivity contribution in [2.75, 3.05) is 19.0 Å². The van der Waals surface area contributed by atoms with Gasteiger partial charge in [-0.25, -0.2) is 4.98 Å². The van der Waals surface area contributed by atoms with E-state index in [-0.39, 0.29) is 0 Å². The number of nitrogens with zero attached hydrogens (tertiary/aromatic N) is 2. The maximum absolute atomic E-state index is 4.70. The standard InChI is InChI=1S/C17H15BrN2/c1-20(2)17-11-15(12-7-9-13(18)10-8-12)14-5-3-4-6-16(14)19-17/h3-11H,1-2H3. The van der Waals surface area contributed by atoms with E-state index in [2.05, 4.69) is 64.5 Å². The Balaban J connectivity index is 2.29. The van der Waals surface area contributed by atoms with Crippen molar-refractivity contribution in [1.29, 1.82) is 0 Å². The Morgan fingerprint density at radius 1 is 0.950 bits per heavy atom. The number of para-hydroxylation sites is 1. The van der Waals surface area contributed by atoms with Gasteiger partial charge in [0.15, 0.2) is 0 Å². The quantitative estimate of drug-likeness (QED) is 0.676. The highest BCUT2D eigenvalue weighted by molar-refractivity contribution is 9.10. The van der Waals surface area contributed by atoms with Gasteiger partial charge in [-0.3, -0.25) is 0 Å². The summed E-state index contributed by atoms with van der Waals surface area (Å²) in [7, 11) is 4.03. The number of benzene rings is 2. The monoisotopic (exact) mass is 326 g/mol. The normalized spacial score (nSPS) is 10.8. The molecule has 0 aliphatic heterocycles. The number of anilines is 1. The van der Waals surface area contributed by atoms with E-state index in [0.717, 1.165) is 15.8 Å². The first-order valence-electron chi connectivity index (χ1n) is 6.48. The van der Waals surface area contributed by atoms with Crippen molar-refractivity contribution in [3.8, 4) is 11.1 Å². The molecule has 3 rings (SSSR count). The van der Waals surface area contributed by atoms with Crippen LogP contribution in [0.3, 0.4) is 0 Å². The molecule has 1 aromatic heterocycles. The molecule has 1 heterocycles. The average molecular weight is 327 g/mol. The van der Waals surface area contributed by atoms with Crippen molar-refractivity contribution in [3.63, 3.8) is 0 Å². The lowest BCUT2D eigenvalue weighted by molar-refractivity contribution is 1.08. The molecule has 20 heavy (non-hydrogen) atoms. The van der Waals surface area contributed by atoms with Crippen LogP contribution in [0.5, 0.6) is 0 Å². The Labute approximate surface area is 127 Å². The van der Waals surface area contributed by atoms with Gasteiger partial charge in [-0.15, -0.1) is 0 Å². The molecule has 0 atom stereocenters. The highest BCUT2D eigenvalue weighted by Crippen LogP contribution is 2.31. The molecule has 3 heteroatoms. The SMILES string of the molecule is CN(C)c1cc(-c2ccc(Br)cc2)c2ccccc2n1. The third kappa shape index (κ3) is 2.41. The van der Waals surface area contributed by atoms with E-state index in [1.807, 2.05) is 25.1 Å². The largest absolute Gasteiger partial charge is 0.363 e. The molecule has 3 aromatic rings. The first-order valence-corrected chi connectivity index (χ1v) is 7.27. The molecule has 0 amide bonds. The molecule has 0 radical (unpaired) electrons. The number of pyridine rings is 1. The zero-order chi connectivity index (χ0) is 14.1. The number of aromatic nitrogens is 1. The molecule has 0 aliphatic rings. The van der Waals surface area contributed by atoms with Gasteiger partial charge in [0.05, 0.1) is 5.52 Å². The van der Waals surface area contributed by atoms with Gasteiger partial charge < -0.3 is 4.90 Å². The van der Waals surface area contributed by atoms with Crippen molar-refractivity contribution in [2.24, 2.45) is 0 Å². The van der Waals surface area contributed by atoms with Crippen molar-refractivity contribution >= 4 is 32.7 Å². The summed E-state index contributed by atoms with van der Waals surface area (Å²) in [6, 6.07) is 18.8. The molecule has 0 unspecified atom stereocenters. The summed E-state index contributed by atoms with van der Waals surface area (Å²) in [6.45, 7) is 0. The number of hydrogen-bond donors (Lipinski definition) is 0. The van der Waals surface area contributed by atoms with Crippen molar-refractivity contribution in [3.05, 3.63) is 59.1 Å². The summed E-state index contributed by atoms with van der Waals surface area (Å²) in [5.41, 5.74) is 3.44. The van der Waals surface area contributed by atoms with Gasteiger partial charge in [-0.1, -0.05) is 46.3 Å². The Morgan fingerprint density at radius 3 is 2.35 bits per heavy atom. The summed E-state index contributed by atoms with van der Waals surface area (Å²) in [5, 5.41) is 1.18. The second-order valence-electron chi connectivity index (χ2n) is 4.95. The van der Waals surface area contributed by atoms with E-state index in [1.54, 1.807) is 0 Å². The van der Waals surface area contributed by atoms with E-state index >= 15 is 0 Å². The number of rotatable bonds is 2. The minimum absolute atomic E-state index is 0.974. The van der Waals surface area contributed by atoms with Crippen LogP contribution in [0.25, 0.3) is 22.0 Å². The predicted molar refractivity (Wildman–Crippen MR) is 89.2 cm³/mol. The lowest BCUT2D eigenvalue weighted by Gasteiger charge is -2.15. The van der Waals surface area contributed by atoms with E-state index in [4.69, 9.17) is 4.98 Å². The lowest BCUT2D eigenvalue weighted by atomic mass is 10.0. The van der Waals surface area contributed by atoms with Crippen LogP contribution in [0.15, 0.2) is 59.1 Å². The van der Waals surface area contributed by atoms with Crippen LogP contribution < -0.4 is 4.90 Å². The second-order valence-corrected chi connectivity index (χ2v) is 5.86. The Morgan fingerprint density at radius 2 is 1.65 bits per heavy atom. The number of hydrogen-bond acceptors (Lipinski definition) is 2. The maximum atomic E-state index is 4.70. The summed E-state index contributed by atoms with van der Waals surface area (Å²) < 4.78 is 1.09. The first-order chi connectivity index (χ1) is 9.65. The second kappa shape index (κ2) is 5.25. The van der Waals surface area contributed by atoms with Crippen LogP contribution in [0.4, 0.5) is 5.82 Å². The summed E-state index contributed by atoms with van der Waals surface area (Å²) in [4.78, 5) is 6.73. The fourth-order valence-electron chi connectivity index (χ4n) is 2.26. The highest BCUT2D eigenvalue weighted by atomic mass is 79.9. The van der Waals surface area contributed by atoms with Crippen LogP contribution in [0.1, 0.15) is 0 Å². The molecule has 100 valence electrons. The fraction of sp³-hybridized carbons (Fsp3) is 0.118. The number of fused-ring (bicyclic) bond motifs is 1. The zero-order valence-electron chi connectivity index (χ0n) is 11.5. The fourth-order valence-corrected chi connectivity index (χ4v) is 2.52. The molecule has 0 bridgehead atoms. The number of halogens is 1. The van der Waals surface area contributed by atoms with Gasteiger partial charge in [-0.2, -0.15) is 0 Å². The van der Waals surface area contributed by atoms with Crippen molar-refractivity contribution in [2.45, 2.75) is 0 Å². The predicted octanol–water partition coefficient (Wildman–Crippen LogP) is 4.73. The molecule has 0 saturated heterocycles. The Bertz CT molecular complexity index is 749. The van der Waals surface area contributed by atoms with Gasteiger partial charge in [0.1, 0.15) is 5.82 Å². The summed E-state index contributed by atoms with van der Waals surface area (Å²) in [5.74, 6) is 0.974. The molecule has 0 saturated carbocycles. The van der Waals surface area contributed by atoms with Crippen LogP contribution in [0, 0.1) is 0 Å². The minimum Gasteiger partial charge on any atom is -0.363 e. The molecule has 0 aliphatic carbocycles. The van der Waals surface area contributed by atoms with Crippen LogP contribution in [-0.4, -0.2) is 19.1 Å². The lowest BCUT2D eigenvalue weighted by Crippen LogP contribution is -2.10. The first kappa shape index (κ1) is 13.1. The van der Waals surface area contributed by atoms with Gasteiger partial charge >= 0.3 is 0 Å². The van der Waals surface area contributed by atoms with Gasteiger partial charge in [0.2, 0.25) is 0 Å². The molecule has 0 spiro atoms. The van der Waals surface area contributed by atoms with E-state index in [0.29, 0.717) is 0 Å². The summed E-state index contributed by atoms with van der Waals surface area (Å²) >= 11 is 3.48. The highest BCUT2D eigenvalue weighted by Gasteiger charge is 2.08. The van der Waals surface area contributed by atoms with Gasteiger partial charge in [-0.05, 0) is 35.4 Å². The Hall–Kier alpha value is -1.87. The summed E-state index contributed by atoms with van der Waals surface area (Å²) in [6.07, 6.45) is 0. The van der Waals surface area contributed by atoms with E-state index in [9.17, 15) is 0 Å². The van der Waals surface area contributed by atoms with Crippen molar-refractivity contribution < 1.29 is 0 Å². The average Bonchev–Trinajstić information content (AvgIpc) is 2.47. The third-order valence-corrected chi connectivity index (χ3v) is 3.84. The van der Waals surface area contributed by atoms with E-state index in [1.165, 1.54) is 16.5 Å². The topological polar surface area (TPSA) is 16.1 Å². The zero-order valence-corrected chi connectivity index (χ0v) is 13.1.